The zero-order chi connectivity index (χ0) is 13.1. The van der Waals surface area contributed by atoms with Crippen LogP contribution in [0.5, 0.6) is 0 Å². The van der Waals surface area contributed by atoms with E-state index in [9.17, 15) is 4.21 Å². The Labute approximate surface area is 113 Å². The Balaban J connectivity index is 1.98. The number of nitrogens with one attached hydrogen (secondary N) is 1. The van der Waals surface area contributed by atoms with Crippen molar-refractivity contribution in [3.8, 4) is 0 Å². The first kappa shape index (κ1) is 13.8. The molecule has 0 spiro atoms. The van der Waals surface area contributed by atoms with Crippen molar-refractivity contribution in [3.05, 3.63) is 34.9 Å². The Morgan fingerprint density at radius 2 is 1.72 bits per heavy atom. The van der Waals surface area contributed by atoms with Crippen LogP contribution in [0.3, 0.4) is 0 Å². The van der Waals surface area contributed by atoms with Crippen molar-refractivity contribution in [1.29, 1.82) is 0 Å². The van der Waals surface area contributed by atoms with Crippen molar-refractivity contribution in [3.63, 3.8) is 0 Å². The molecule has 0 aromatic heterocycles. The zero-order valence-corrected chi connectivity index (χ0v) is 12.3. The molecule has 1 unspecified atom stereocenters. The largest absolute Gasteiger partial charge is 0.307 e. The van der Waals surface area contributed by atoms with Crippen LogP contribution in [0, 0.1) is 13.8 Å². The Morgan fingerprint density at radius 3 is 2.28 bits per heavy atom. The maximum absolute atomic E-state index is 11.3. The molecule has 0 amide bonds. The second-order valence-corrected chi connectivity index (χ2v) is 7.13. The Kier molecular flexibility index (Phi) is 4.57. The van der Waals surface area contributed by atoms with Gasteiger partial charge in [0.2, 0.25) is 0 Å². The lowest BCUT2D eigenvalue weighted by molar-refractivity contribution is 0.427. The van der Waals surface area contributed by atoms with Crippen molar-refractivity contribution in [1.82, 2.24) is 5.32 Å². The number of rotatable bonds is 3. The minimum absolute atomic E-state index is 0.375. The first-order valence-electron chi connectivity index (χ1n) is 6.74. The van der Waals surface area contributed by atoms with Crippen molar-refractivity contribution in [2.24, 2.45) is 0 Å². The molecule has 1 saturated heterocycles. The average Bonchev–Trinajstić information content (AvgIpc) is 2.31. The quantitative estimate of drug-likeness (QED) is 0.910. The van der Waals surface area contributed by atoms with Gasteiger partial charge in [0.1, 0.15) is 0 Å². The van der Waals surface area contributed by atoms with Gasteiger partial charge in [-0.3, -0.25) is 4.21 Å². The van der Waals surface area contributed by atoms with Crippen molar-refractivity contribution in [2.75, 3.05) is 11.5 Å². The molecule has 2 nitrogen and oxygen atoms in total. The van der Waals surface area contributed by atoms with Gasteiger partial charge < -0.3 is 5.32 Å². The predicted molar refractivity (Wildman–Crippen MR) is 78.4 cm³/mol. The van der Waals surface area contributed by atoms with Gasteiger partial charge in [0, 0.05) is 34.4 Å². The normalized spacial score (nSPS) is 25.9. The van der Waals surface area contributed by atoms with Gasteiger partial charge in [-0.1, -0.05) is 29.3 Å². The van der Waals surface area contributed by atoms with Crippen LogP contribution in [-0.2, 0) is 10.8 Å². The molecule has 1 N–H and O–H groups in total. The summed E-state index contributed by atoms with van der Waals surface area (Å²) in [5.74, 6) is 1.72. The van der Waals surface area contributed by atoms with Gasteiger partial charge >= 0.3 is 0 Å². The second-order valence-electron chi connectivity index (χ2n) is 5.43. The van der Waals surface area contributed by atoms with Crippen LogP contribution < -0.4 is 5.32 Å². The van der Waals surface area contributed by atoms with Gasteiger partial charge in [-0.2, -0.15) is 0 Å². The van der Waals surface area contributed by atoms with E-state index < -0.39 is 10.8 Å². The minimum atomic E-state index is -0.568. The van der Waals surface area contributed by atoms with Crippen LogP contribution in [0.1, 0.15) is 42.5 Å². The van der Waals surface area contributed by atoms with Gasteiger partial charge in [-0.05, 0) is 39.2 Å². The number of aryl methyl sites for hydroxylation is 2. The van der Waals surface area contributed by atoms with E-state index in [0.717, 1.165) is 24.3 Å². The molecule has 1 aromatic rings. The monoisotopic (exact) mass is 265 g/mol. The van der Waals surface area contributed by atoms with Gasteiger partial charge in [-0.15, -0.1) is 0 Å². The first-order valence-corrected chi connectivity index (χ1v) is 8.22. The van der Waals surface area contributed by atoms with E-state index in [2.05, 4.69) is 44.3 Å². The molecule has 18 heavy (non-hydrogen) atoms. The van der Waals surface area contributed by atoms with E-state index in [-0.39, 0.29) is 0 Å². The SMILES string of the molecule is Cc1cc(C)cc(C(C)NC2CCS(=O)CC2)c1. The van der Waals surface area contributed by atoms with Gasteiger partial charge in [-0.25, -0.2) is 0 Å². The average molecular weight is 265 g/mol. The highest BCUT2D eigenvalue weighted by Crippen LogP contribution is 2.19. The zero-order valence-electron chi connectivity index (χ0n) is 11.5. The molecule has 0 radical (unpaired) electrons. The number of hydrogen-bond donors (Lipinski definition) is 1. The summed E-state index contributed by atoms with van der Waals surface area (Å²) in [5, 5.41) is 3.68. The highest BCUT2D eigenvalue weighted by molar-refractivity contribution is 7.85. The van der Waals surface area contributed by atoms with Gasteiger partial charge in [0.25, 0.3) is 0 Å². The van der Waals surface area contributed by atoms with Crippen LogP contribution in [0.25, 0.3) is 0 Å². The lowest BCUT2D eigenvalue weighted by atomic mass is 10.0. The van der Waals surface area contributed by atoms with E-state index in [0.29, 0.717) is 12.1 Å². The Bertz CT molecular complexity index is 414. The molecule has 1 aromatic carbocycles. The third-order valence-electron chi connectivity index (χ3n) is 3.62. The Morgan fingerprint density at radius 1 is 1.17 bits per heavy atom. The summed E-state index contributed by atoms with van der Waals surface area (Å²) in [6, 6.07) is 7.62. The molecule has 3 heteroatoms. The topological polar surface area (TPSA) is 29.1 Å². The standard InChI is InChI=1S/C15H23NOS/c1-11-8-12(2)10-14(9-11)13(3)16-15-4-6-18(17)7-5-15/h8-10,13,15-16H,4-7H2,1-3H3. The van der Waals surface area contributed by atoms with E-state index in [1.807, 2.05) is 0 Å². The minimum Gasteiger partial charge on any atom is -0.307 e. The molecule has 1 aliphatic heterocycles. The van der Waals surface area contributed by atoms with Crippen molar-refractivity contribution in [2.45, 2.75) is 45.7 Å². The van der Waals surface area contributed by atoms with Crippen LogP contribution in [-0.4, -0.2) is 21.8 Å². The fourth-order valence-electron chi connectivity index (χ4n) is 2.67. The van der Waals surface area contributed by atoms with Crippen molar-refractivity contribution >= 4 is 10.8 Å². The van der Waals surface area contributed by atoms with E-state index in [1.165, 1.54) is 16.7 Å². The second kappa shape index (κ2) is 5.98. The highest BCUT2D eigenvalue weighted by atomic mass is 32.2. The third kappa shape index (κ3) is 3.66. The van der Waals surface area contributed by atoms with Crippen LogP contribution in [0.2, 0.25) is 0 Å². The highest BCUT2D eigenvalue weighted by Gasteiger charge is 2.19. The molecule has 0 bridgehead atoms. The molecular weight excluding hydrogens is 242 g/mol. The molecule has 1 fully saturated rings. The molecule has 1 aliphatic rings. The van der Waals surface area contributed by atoms with Gasteiger partial charge in [0.05, 0.1) is 0 Å². The summed E-state index contributed by atoms with van der Waals surface area (Å²) in [4.78, 5) is 0. The maximum atomic E-state index is 11.3. The smallest absolute Gasteiger partial charge is 0.0294 e. The molecular formula is C15H23NOS. The summed E-state index contributed by atoms with van der Waals surface area (Å²) in [6.45, 7) is 6.51. The fraction of sp³-hybridized carbons (Fsp3) is 0.600. The molecule has 0 saturated carbocycles. The summed E-state index contributed by atoms with van der Waals surface area (Å²) in [6.07, 6.45) is 2.09. The number of hydrogen-bond acceptors (Lipinski definition) is 2. The lowest BCUT2D eigenvalue weighted by Crippen LogP contribution is -2.37. The summed E-state index contributed by atoms with van der Waals surface area (Å²) < 4.78 is 11.3. The molecule has 1 atom stereocenters. The van der Waals surface area contributed by atoms with E-state index in [4.69, 9.17) is 0 Å². The summed E-state index contributed by atoms with van der Waals surface area (Å²) >= 11 is 0. The third-order valence-corrected chi connectivity index (χ3v) is 5.00. The predicted octanol–water partition coefficient (Wildman–Crippen LogP) is 2.87. The van der Waals surface area contributed by atoms with Crippen LogP contribution >= 0.6 is 0 Å². The fourth-order valence-corrected chi connectivity index (χ4v) is 3.97. The van der Waals surface area contributed by atoms with E-state index >= 15 is 0 Å². The molecule has 1 heterocycles. The molecule has 0 aliphatic carbocycles. The lowest BCUT2D eigenvalue weighted by Gasteiger charge is -2.27. The summed E-state index contributed by atoms with van der Waals surface area (Å²) in [5.41, 5.74) is 4.01. The Hall–Kier alpha value is -0.670. The first-order chi connectivity index (χ1) is 8.54. The maximum Gasteiger partial charge on any atom is 0.0294 e. The van der Waals surface area contributed by atoms with Crippen LogP contribution in [0.15, 0.2) is 18.2 Å². The van der Waals surface area contributed by atoms with E-state index in [1.54, 1.807) is 0 Å². The van der Waals surface area contributed by atoms with Crippen LogP contribution in [0.4, 0.5) is 0 Å². The van der Waals surface area contributed by atoms with Gasteiger partial charge in [0.15, 0.2) is 0 Å². The number of benzene rings is 1. The summed E-state index contributed by atoms with van der Waals surface area (Å²) in [7, 11) is -0.568. The molecule has 100 valence electrons. The molecule has 2 rings (SSSR count). The van der Waals surface area contributed by atoms with Crippen molar-refractivity contribution < 1.29 is 4.21 Å².